The molecule has 0 unspecified atom stereocenters. The molecule has 2 aliphatic rings. The molecule has 0 atom stereocenters. The summed E-state index contributed by atoms with van der Waals surface area (Å²) >= 11 is 5.13. The third-order valence-corrected chi connectivity index (χ3v) is 5.46. The van der Waals surface area contributed by atoms with Crippen LogP contribution in [0.5, 0.6) is 0 Å². The second kappa shape index (κ2) is 6.92. The van der Waals surface area contributed by atoms with E-state index in [1.807, 2.05) is 6.20 Å². The van der Waals surface area contributed by atoms with Crippen LogP contribution in [-0.4, -0.2) is 73.7 Å². The topological polar surface area (TPSA) is 43.9 Å². The molecule has 0 amide bonds. The van der Waals surface area contributed by atoms with Crippen LogP contribution in [0.2, 0.25) is 0 Å². The summed E-state index contributed by atoms with van der Waals surface area (Å²) in [6, 6.07) is 2.70. The van der Waals surface area contributed by atoms with Crippen molar-refractivity contribution >= 4 is 39.6 Å². The summed E-state index contributed by atoms with van der Waals surface area (Å²) < 4.78 is 12.0. The molecule has 0 spiro atoms. The van der Waals surface area contributed by atoms with Gasteiger partial charge in [-0.05, 0) is 36.1 Å². The Morgan fingerprint density at radius 3 is 2.73 bits per heavy atom. The molecule has 2 aliphatic heterocycles. The molecule has 122 valence electrons. The van der Waals surface area contributed by atoms with Gasteiger partial charge in [-0.25, -0.2) is 9.29 Å². The van der Waals surface area contributed by atoms with E-state index in [1.165, 1.54) is 0 Å². The number of nitrogens with one attached hydrogen (secondary N) is 1. The Labute approximate surface area is 144 Å². The quantitative estimate of drug-likeness (QED) is 0.747. The molecule has 0 radical (unpaired) electrons. The van der Waals surface area contributed by atoms with Crippen molar-refractivity contribution < 1.29 is 4.74 Å². The number of rotatable bonds is 6. The first-order valence-electron chi connectivity index (χ1n) is 7.34. The van der Waals surface area contributed by atoms with E-state index >= 15 is 0 Å². The number of aromatic nitrogens is 1. The predicted molar refractivity (Wildman–Crippen MR) is 95.2 cm³/mol. The molecule has 3 rings (SSSR count). The van der Waals surface area contributed by atoms with Gasteiger partial charge in [0.2, 0.25) is 0 Å². The third-order valence-electron chi connectivity index (χ3n) is 4.16. The van der Waals surface area contributed by atoms with Crippen LogP contribution in [0, 0.1) is 0 Å². The average molecular weight is 388 g/mol. The number of pyridine rings is 1. The van der Waals surface area contributed by atoms with E-state index in [0.29, 0.717) is 12.1 Å². The largest absolute Gasteiger partial charge is 0.379 e. The molecule has 1 aromatic heterocycles. The summed E-state index contributed by atoms with van der Waals surface area (Å²) in [5.74, 6) is 1.03. The maximum absolute atomic E-state index is 5.29. The fraction of sp³-hybridized carbons (Fsp3) is 0.643. The molecule has 0 bridgehead atoms. The highest BCUT2D eigenvalue weighted by Gasteiger charge is 2.31. The van der Waals surface area contributed by atoms with Crippen molar-refractivity contribution in [2.45, 2.75) is 12.1 Å². The van der Waals surface area contributed by atoms with Crippen LogP contribution >= 0.6 is 28.1 Å². The maximum Gasteiger partial charge on any atom is 0.153 e. The SMILES string of the molecule is COC1CN(SNc2cc(Br)cnc2N2CC(N(C)C)C2)C1. The van der Waals surface area contributed by atoms with Gasteiger partial charge >= 0.3 is 0 Å². The molecule has 2 saturated heterocycles. The zero-order valence-electron chi connectivity index (χ0n) is 13.1. The second-order valence-electron chi connectivity index (χ2n) is 5.95. The molecule has 8 heteroatoms. The van der Waals surface area contributed by atoms with Crippen molar-refractivity contribution in [2.24, 2.45) is 0 Å². The van der Waals surface area contributed by atoms with E-state index in [0.717, 1.165) is 42.2 Å². The van der Waals surface area contributed by atoms with Crippen molar-refractivity contribution in [1.29, 1.82) is 0 Å². The molecule has 0 aliphatic carbocycles. The van der Waals surface area contributed by atoms with Crippen LogP contribution < -0.4 is 9.62 Å². The Morgan fingerprint density at radius 1 is 1.36 bits per heavy atom. The van der Waals surface area contributed by atoms with Crippen molar-refractivity contribution in [3.63, 3.8) is 0 Å². The number of hydrogen-bond donors (Lipinski definition) is 1. The van der Waals surface area contributed by atoms with Crippen molar-refractivity contribution in [2.75, 3.05) is 57.0 Å². The average Bonchev–Trinajstić information content (AvgIpc) is 2.37. The molecular weight excluding hydrogens is 366 g/mol. The highest BCUT2D eigenvalue weighted by atomic mass is 79.9. The third kappa shape index (κ3) is 3.51. The zero-order valence-corrected chi connectivity index (χ0v) is 15.5. The van der Waals surface area contributed by atoms with Crippen LogP contribution in [0.4, 0.5) is 11.5 Å². The first-order chi connectivity index (χ1) is 10.6. The van der Waals surface area contributed by atoms with E-state index in [4.69, 9.17) is 4.74 Å². The molecule has 1 N–H and O–H groups in total. The summed E-state index contributed by atoms with van der Waals surface area (Å²) in [7, 11) is 6.02. The van der Waals surface area contributed by atoms with E-state index < -0.39 is 0 Å². The van der Waals surface area contributed by atoms with Gasteiger partial charge in [-0.1, -0.05) is 0 Å². The number of likely N-dealkylation sites (N-methyl/N-ethyl adjacent to an activating group) is 1. The van der Waals surface area contributed by atoms with Crippen LogP contribution in [0.25, 0.3) is 0 Å². The number of hydrogen-bond acceptors (Lipinski definition) is 7. The molecular formula is C14H22BrN5OS. The van der Waals surface area contributed by atoms with Gasteiger partial charge < -0.3 is 19.3 Å². The summed E-state index contributed by atoms with van der Waals surface area (Å²) in [6.07, 6.45) is 2.23. The Hall–Kier alpha value is -0.540. The lowest BCUT2D eigenvalue weighted by molar-refractivity contribution is 0.0176. The summed E-state index contributed by atoms with van der Waals surface area (Å²) in [5.41, 5.74) is 1.05. The molecule has 6 nitrogen and oxygen atoms in total. The van der Waals surface area contributed by atoms with Gasteiger partial charge in [0.1, 0.15) is 0 Å². The molecule has 0 aromatic carbocycles. The fourth-order valence-electron chi connectivity index (χ4n) is 2.45. The Balaban J connectivity index is 1.59. The van der Waals surface area contributed by atoms with Crippen LogP contribution in [0.1, 0.15) is 0 Å². The Bertz CT molecular complexity index is 520. The fourth-order valence-corrected chi connectivity index (χ4v) is 3.64. The predicted octanol–water partition coefficient (Wildman–Crippen LogP) is 1.90. The number of nitrogens with zero attached hydrogens (tertiary/aromatic N) is 4. The standard InChI is InChI=1S/C14H22BrN5OS/c1-18(2)11-6-19(7-11)14-13(4-10(15)5-16-14)17-22-20-8-12(9-20)21-3/h4-5,11-12,17H,6-9H2,1-3H3. The van der Waals surface area contributed by atoms with E-state index in [-0.39, 0.29) is 0 Å². The summed E-state index contributed by atoms with van der Waals surface area (Å²) in [6.45, 7) is 3.96. The lowest BCUT2D eigenvalue weighted by atomic mass is 10.1. The van der Waals surface area contributed by atoms with E-state index in [1.54, 1.807) is 19.2 Å². The smallest absolute Gasteiger partial charge is 0.153 e. The number of anilines is 2. The zero-order chi connectivity index (χ0) is 15.7. The minimum Gasteiger partial charge on any atom is -0.379 e. The summed E-state index contributed by atoms with van der Waals surface area (Å²) in [5, 5.41) is 0. The Morgan fingerprint density at radius 2 is 2.09 bits per heavy atom. The number of halogens is 1. The first kappa shape index (κ1) is 16.3. The van der Waals surface area contributed by atoms with Crippen molar-refractivity contribution in [3.05, 3.63) is 16.7 Å². The van der Waals surface area contributed by atoms with E-state index in [9.17, 15) is 0 Å². The second-order valence-corrected chi connectivity index (χ2v) is 7.76. The normalized spacial score (nSPS) is 20.1. The summed E-state index contributed by atoms with van der Waals surface area (Å²) in [4.78, 5) is 9.17. The van der Waals surface area contributed by atoms with Gasteiger partial charge in [-0.2, -0.15) is 0 Å². The van der Waals surface area contributed by atoms with Crippen LogP contribution in [0.3, 0.4) is 0 Å². The lowest BCUT2D eigenvalue weighted by Crippen LogP contribution is -2.57. The van der Waals surface area contributed by atoms with Crippen molar-refractivity contribution in [3.8, 4) is 0 Å². The highest BCUT2D eigenvalue weighted by Crippen LogP contribution is 2.33. The molecule has 1 aromatic rings. The highest BCUT2D eigenvalue weighted by molar-refractivity contribution is 9.10. The number of methoxy groups -OCH3 is 1. The number of ether oxygens (including phenoxy) is 1. The van der Waals surface area contributed by atoms with Crippen LogP contribution in [0.15, 0.2) is 16.7 Å². The molecule has 22 heavy (non-hydrogen) atoms. The minimum absolute atomic E-state index is 0.366. The Kier molecular flexibility index (Phi) is 5.13. The lowest BCUT2D eigenvalue weighted by Gasteiger charge is -2.44. The molecule has 2 fully saturated rings. The van der Waals surface area contributed by atoms with Gasteiger partial charge in [-0.3, -0.25) is 0 Å². The van der Waals surface area contributed by atoms with E-state index in [2.05, 4.69) is 59.9 Å². The van der Waals surface area contributed by atoms with Crippen LogP contribution in [-0.2, 0) is 4.74 Å². The van der Waals surface area contributed by atoms with Gasteiger partial charge in [0.15, 0.2) is 5.82 Å². The minimum atomic E-state index is 0.366. The van der Waals surface area contributed by atoms with Gasteiger partial charge in [0, 0.05) is 62.1 Å². The maximum atomic E-state index is 5.29. The van der Waals surface area contributed by atoms with Crippen molar-refractivity contribution in [1.82, 2.24) is 14.2 Å². The molecule has 0 saturated carbocycles. The molecule has 3 heterocycles. The monoisotopic (exact) mass is 387 g/mol. The first-order valence-corrected chi connectivity index (χ1v) is 8.91. The van der Waals surface area contributed by atoms with Gasteiger partial charge in [0.25, 0.3) is 0 Å². The van der Waals surface area contributed by atoms with Gasteiger partial charge in [0.05, 0.1) is 11.8 Å². The van der Waals surface area contributed by atoms with Gasteiger partial charge in [-0.15, -0.1) is 0 Å².